The number of benzene rings is 1. The van der Waals surface area contributed by atoms with Gasteiger partial charge in [0.15, 0.2) is 0 Å². The Morgan fingerprint density at radius 1 is 1.04 bits per heavy atom. The molecule has 0 unspecified atom stereocenters. The summed E-state index contributed by atoms with van der Waals surface area (Å²) in [4.78, 5) is 8.55. The molecule has 0 aliphatic rings. The van der Waals surface area contributed by atoms with E-state index in [-0.39, 0.29) is 4.90 Å². The predicted octanol–water partition coefficient (Wildman–Crippen LogP) is 4.05. The van der Waals surface area contributed by atoms with Crippen LogP contribution in [0.3, 0.4) is 0 Å². The fraction of sp³-hybridized carbons (Fsp3) is 0. The van der Waals surface area contributed by atoms with Crippen LogP contribution in [0.15, 0.2) is 65.1 Å². The summed E-state index contributed by atoms with van der Waals surface area (Å²) in [5.74, 6) is 0. The number of hydrogen-bond donors (Lipinski definition) is 0. The zero-order valence-corrected chi connectivity index (χ0v) is 14.5. The number of rotatable bonds is 3. The van der Waals surface area contributed by atoms with Crippen LogP contribution in [-0.2, 0) is 10.0 Å². The first-order valence-corrected chi connectivity index (χ1v) is 9.64. The maximum absolute atomic E-state index is 12.9. The Kier molecular flexibility index (Phi) is 3.64. The first-order valence-electron chi connectivity index (χ1n) is 6.95. The van der Waals surface area contributed by atoms with Crippen molar-refractivity contribution in [2.45, 2.75) is 4.90 Å². The fourth-order valence-electron chi connectivity index (χ4n) is 2.43. The van der Waals surface area contributed by atoms with Crippen molar-refractivity contribution < 1.29 is 8.42 Å². The normalized spacial score (nSPS) is 11.9. The maximum atomic E-state index is 12.9. The van der Waals surface area contributed by atoms with Crippen LogP contribution in [0.25, 0.3) is 21.6 Å². The van der Waals surface area contributed by atoms with Gasteiger partial charge in [-0.25, -0.2) is 22.4 Å². The molecule has 0 bridgehead atoms. The van der Waals surface area contributed by atoms with Gasteiger partial charge in [0.2, 0.25) is 0 Å². The third kappa shape index (κ3) is 2.50. The van der Waals surface area contributed by atoms with Gasteiger partial charge < -0.3 is 0 Å². The largest absolute Gasteiger partial charge is 0.268 e. The van der Waals surface area contributed by atoms with Crippen molar-refractivity contribution in [3.8, 4) is 10.6 Å². The lowest BCUT2D eigenvalue weighted by molar-refractivity contribution is 0.589. The van der Waals surface area contributed by atoms with Crippen LogP contribution in [0.1, 0.15) is 0 Å². The highest BCUT2D eigenvalue weighted by Gasteiger charge is 2.19. The molecule has 0 aliphatic carbocycles. The van der Waals surface area contributed by atoms with Crippen molar-refractivity contribution in [1.29, 1.82) is 0 Å². The summed E-state index contributed by atoms with van der Waals surface area (Å²) in [6.45, 7) is 0. The Balaban J connectivity index is 1.79. The average molecular weight is 376 g/mol. The van der Waals surface area contributed by atoms with E-state index in [2.05, 4.69) is 9.97 Å². The molecule has 0 aliphatic heterocycles. The van der Waals surface area contributed by atoms with Crippen molar-refractivity contribution >= 4 is 44.0 Å². The molecule has 0 N–H and O–H groups in total. The molecule has 0 fully saturated rings. The second-order valence-electron chi connectivity index (χ2n) is 5.02. The second kappa shape index (κ2) is 5.70. The molecule has 0 amide bonds. The number of halogens is 1. The van der Waals surface area contributed by atoms with Crippen LogP contribution in [0.5, 0.6) is 0 Å². The van der Waals surface area contributed by atoms with Gasteiger partial charge in [-0.05, 0) is 30.3 Å². The molecular formula is C16H10ClN3O2S2. The molecule has 120 valence electrons. The summed E-state index contributed by atoms with van der Waals surface area (Å²) in [7, 11) is -3.70. The van der Waals surface area contributed by atoms with Crippen LogP contribution >= 0.6 is 22.9 Å². The number of fused-ring (bicyclic) bond motifs is 1. The lowest BCUT2D eigenvalue weighted by atomic mass is 10.2. The van der Waals surface area contributed by atoms with Crippen LogP contribution in [0.2, 0.25) is 5.15 Å². The van der Waals surface area contributed by atoms with Gasteiger partial charge in [-0.15, -0.1) is 11.3 Å². The summed E-state index contributed by atoms with van der Waals surface area (Å²) in [6.07, 6.45) is 3.20. The highest BCUT2D eigenvalue weighted by Crippen LogP contribution is 2.26. The molecule has 0 saturated carbocycles. The molecule has 0 spiro atoms. The number of hydrogen-bond acceptors (Lipinski definition) is 5. The minimum absolute atomic E-state index is 0.204. The van der Waals surface area contributed by atoms with E-state index < -0.39 is 10.0 Å². The number of thiazole rings is 1. The van der Waals surface area contributed by atoms with Crippen molar-refractivity contribution in [2.24, 2.45) is 0 Å². The monoisotopic (exact) mass is 375 g/mol. The molecule has 8 heteroatoms. The van der Waals surface area contributed by atoms with Crippen LogP contribution in [-0.4, -0.2) is 22.4 Å². The van der Waals surface area contributed by atoms with Crippen molar-refractivity contribution in [3.63, 3.8) is 0 Å². The van der Waals surface area contributed by atoms with Gasteiger partial charge >= 0.3 is 0 Å². The van der Waals surface area contributed by atoms with E-state index in [4.69, 9.17) is 11.6 Å². The molecule has 4 rings (SSSR count). The van der Waals surface area contributed by atoms with Crippen LogP contribution in [0, 0.1) is 0 Å². The third-order valence-corrected chi connectivity index (χ3v) is 6.30. The summed E-state index contributed by atoms with van der Waals surface area (Å²) in [5, 5.41) is 3.05. The minimum atomic E-state index is -3.70. The summed E-state index contributed by atoms with van der Waals surface area (Å²) in [6, 6.07) is 11.5. The summed E-state index contributed by atoms with van der Waals surface area (Å²) in [5.41, 5.74) is 1.91. The van der Waals surface area contributed by atoms with Crippen molar-refractivity contribution in [2.75, 3.05) is 0 Å². The van der Waals surface area contributed by atoms with E-state index in [0.29, 0.717) is 16.2 Å². The topological polar surface area (TPSA) is 64.8 Å². The molecular weight excluding hydrogens is 366 g/mol. The Bertz CT molecular complexity index is 1120. The molecule has 0 radical (unpaired) electrons. The van der Waals surface area contributed by atoms with Crippen LogP contribution < -0.4 is 0 Å². The zero-order valence-electron chi connectivity index (χ0n) is 12.1. The zero-order chi connectivity index (χ0) is 16.7. The summed E-state index contributed by atoms with van der Waals surface area (Å²) < 4.78 is 27.0. The van der Waals surface area contributed by atoms with E-state index in [1.807, 2.05) is 5.38 Å². The van der Waals surface area contributed by atoms with Crippen LogP contribution in [0.4, 0.5) is 0 Å². The molecule has 4 aromatic rings. The SMILES string of the molecule is O=S(=O)(c1ccc(-c2nccs2)cc1)n1ccc2nc(Cl)ccc21. The van der Waals surface area contributed by atoms with Gasteiger partial charge in [-0.3, -0.25) is 0 Å². The standard InChI is InChI=1S/C16H10ClN3O2S2/c17-15-6-5-14-13(19-15)7-9-20(14)24(21,22)12-3-1-11(2-4-12)16-18-8-10-23-16/h1-10H. The molecule has 3 heterocycles. The number of nitrogens with zero attached hydrogens (tertiary/aromatic N) is 3. The molecule has 5 nitrogen and oxygen atoms in total. The van der Waals surface area contributed by atoms with Crippen molar-refractivity contribution in [3.05, 3.63) is 65.4 Å². The first kappa shape index (κ1) is 15.3. The highest BCUT2D eigenvalue weighted by molar-refractivity contribution is 7.90. The minimum Gasteiger partial charge on any atom is -0.245 e. The van der Waals surface area contributed by atoms with E-state index in [1.54, 1.807) is 48.7 Å². The van der Waals surface area contributed by atoms with E-state index >= 15 is 0 Å². The van der Waals surface area contributed by atoms with E-state index in [1.165, 1.54) is 21.5 Å². The molecule has 24 heavy (non-hydrogen) atoms. The molecule has 1 aromatic carbocycles. The molecule has 0 atom stereocenters. The lowest BCUT2D eigenvalue weighted by Crippen LogP contribution is -2.11. The lowest BCUT2D eigenvalue weighted by Gasteiger charge is -2.08. The summed E-state index contributed by atoms with van der Waals surface area (Å²) >= 11 is 7.35. The van der Waals surface area contributed by atoms with Gasteiger partial charge in [-0.2, -0.15) is 0 Å². The second-order valence-corrected chi connectivity index (χ2v) is 8.11. The smallest absolute Gasteiger partial charge is 0.245 e. The van der Waals surface area contributed by atoms with Gasteiger partial charge in [0.25, 0.3) is 10.0 Å². The van der Waals surface area contributed by atoms with Gasteiger partial charge in [-0.1, -0.05) is 23.7 Å². The van der Waals surface area contributed by atoms with Crippen molar-refractivity contribution in [1.82, 2.24) is 13.9 Å². The molecule has 0 saturated heterocycles. The van der Waals surface area contributed by atoms with E-state index in [0.717, 1.165) is 10.6 Å². The van der Waals surface area contributed by atoms with Gasteiger partial charge in [0.05, 0.1) is 15.9 Å². The third-order valence-electron chi connectivity index (χ3n) is 3.56. The predicted molar refractivity (Wildman–Crippen MR) is 94.9 cm³/mol. The number of pyridine rings is 1. The van der Waals surface area contributed by atoms with E-state index in [9.17, 15) is 8.42 Å². The highest BCUT2D eigenvalue weighted by atomic mass is 35.5. The van der Waals surface area contributed by atoms with Gasteiger partial charge in [0, 0.05) is 23.3 Å². The van der Waals surface area contributed by atoms with Gasteiger partial charge in [0.1, 0.15) is 10.2 Å². The Morgan fingerprint density at radius 2 is 1.83 bits per heavy atom. The maximum Gasteiger partial charge on any atom is 0.268 e. The quantitative estimate of drug-likeness (QED) is 0.507. The average Bonchev–Trinajstić information content (AvgIpc) is 3.24. The molecule has 3 aromatic heterocycles. The Hall–Kier alpha value is -2.22. The number of aromatic nitrogens is 3. The Morgan fingerprint density at radius 3 is 2.54 bits per heavy atom. The Labute approximate surface area is 147 Å². The first-order chi connectivity index (χ1) is 11.6. The fourth-order valence-corrected chi connectivity index (χ4v) is 4.57.